The van der Waals surface area contributed by atoms with Crippen LogP contribution in [0.2, 0.25) is 0 Å². The van der Waals surface area contributed by atoms with Crippen LogP contribution in [0.15, 0.2) is 48.5 Å². The molecule has 0 unspecified atom stereocenters. The topological polar surface area (TPSA) is 26.3 Å². The standard InChI is InChI=1S/C16H14O2S/c17-15(9-10-19)18-16-13-7-3-1-5-11(13)12-6-2-4-8-14(12)16/h1-8,16,19H,9-10H2. The van der Waals surface area contributed by atoms with Gasteiger partial charge >= 0.3 is 5.97 Å². The van der Waals surface area contributed by atoms with E-state index in [0.29, 0.717) is 12.2 Å². The summed E-state index contributed by atoms with van der Waals surface area (Å²) in [7, 11) is 0. The van der Waals surface area contributed by atoms with Crippen molar-refractivity contribution in [2.24, 2.45) is 0 Å². The first-order valence-electron chi connectivity index (χ1n) is 6.30. The third-order valence-electron chi connectivity index (χ3n) is 3.34. The minimum atomic E-state index is -0.278. The molecule has 19 heavy (non-hydrogen) atoms. The van der Waals surface area contributed by atoms with Crippen LogP contribution in [0, 0.1) is 0 Å². The minimum Gasteiger partial charge on any atom is -0.452 e. The normalized spacial score (nSPS) is 12.9. The maximum Gasteiger partial charge on any atom is 0.307 e. The number of hydrogen-bond donors (Lipinski definition) is 1. The maximum absolute atomic E-state index is 11.7. The summed E-state index contributed by atoms with van der Waals surface area (Å²) in [5, 5.41) is 0. The zero-order chi connectivity index (χ0) is 13.2. The Morgan fingerprint density at radius 1 is 1.00 bits per heavy atom. The van der Waals surface area contributed by atoms with E-state index in [4.69, 9.17) is 4.74 Å². The molecular formula is C16H14O2S. The van der Waals surface area contributed by atoms with Gasteiger partial charge in [0.15, 0.2) is 6.10 Å². The molecule has 2 nitrogen and oxygen atoms in total. The van der Waals surface area contributed by atoms with Crippen LogP contribution >= 0.6 is 12.6 Å². The highest BCUT2D eigenvalue weighted by Gasteiger charge is 2.30. The number of rotatable bonds is 3. The Labute approximate surface area is 117 Å². The smallest absolute Gasteiger partial charge is 0.307 e. The molecular weight excluding hydrogens is 256 g/mol. The summed E-state index contributed by atoms with van der Waals surface area (Å²) in [5.41, 5.74) is 4.44. The monoisotopic (exact) mass is 270 g/mol. The highest BCUT2D eigenvalue weighted by atomic mass is 32.1. The summed E-state index contributed by atoms with van der Waals surface area (Å²) in [6, 6.07) is 16.2. The lowest BCUT2D eigenvalue weighted by atomic mass is 10.1. The highest BCUT2D eigenvalue weighted by Crippen LogP contribution is 2.45. The Balaban J connectivity index is 2.02. The van der Waals surface area contributed by atoms with Crippen LogP contribution in [0.25, 0.3) is 11.1 Å². The van der Waals surface area contributed by atoms with Gasteiger partial charge in [-0.2, -0.15) is 12.6 Å². The maximum atomic E-state index is 11.7. The van der Waals surface area contributed by atoms with E-state index < -0.39 is 0 Å². The average Bonchev–Trinajstić information content (AvgIpc) is 2.75. The van der Waals surface area contributed by atoms with Crippen LogP contribution in [0.5, 0.6) is 0 Å². The molecule has 0 aromatic heterocycles. The molecule has 0 radical (unpaired) electrons. The van der Waals surface area contributed by atoms with Gasteiger partial charge in [0.2, 0.25) is 0 Å². The van der Waals surface area contributed by atoms with Crippen LogP contribution in [-0.2, 0) is 9.53 Å². The van der Waals surface area contributed by atoms with Crippen molar-refractivity contribution in [3.05, 3.63) is 59.7 Å². The lowest BCUT2D eigenvalue weighted by molar-refractivity contribution is -0.146. The number of carbonyl (C=O) groups is 1. The molecule has 0 saturated carbocycles. The molecule has 0 fully saturated rings. The van der Waals surface area contributed by atoms with Crippen molar-refractivity contribution < 1.29 is 9.53 Å². The van der Waals surface area contributed by atoms with Crippen LogP contribution in [0.3, 0.4) is 0 Å². The van der Waals surface area contributed by atoms with Crippen LogP contribution in [0.4, 0.5) is 0 Å². The Hall–Kier alpha value is -1.74. The molecule has 0 spiro atoms. The third-order valence-corrected chi connectivity index (χ3v) is 3.57. The molecule has 2 aromatic rings. The molecule has 3 rings (SSSR count). The fourth-order valence-electron chi connectivity index (χ4n) is 2.52. The number of carbonyl (C=O) groups excluding carboxylic acids is 1. The predicted octanol–water partition coefficient (Wildman–Crippen LogP) is 3.62. The quantitative estimate of drug-likeness (QED) is 0.681. The molecule has 1 aliphatic rings. The Bertz CT molecular complexity index is 576. The van der Waals surface area contributed by atoms with Gasteiger partial charge in [-0.1, -0.05) is 48.5 Å². The Morgan fingerprint density at radius 3 is 2.05 bits per heavy atom. The summed E-state index contributed by atoms with van der Waals surface area (Å²) >= 11 is 4.07. The van der Waals surface area contributed by atoms with Gasteiger partial charge in [-0.3, -0.25) is 4.79 Å². The van der Waals surface area contributed by atoms with Gasteiger partial charge < -0.3 is 4.74 Å². The summed E-state index contributed by atoms with van der Waals surface area (Å²) in [6.45, 7) is 0. The largest absolute Gasteiger partial charge is 0.452 e. The van der Waals surface area contributed by atoms with Gasteiger partial charge in [0.1, 0.15) is 0 Å². The second-order valence-electron chi connectivity index (χ2n) is 4.52. The predicted molar refractivity (Wildman–Crippen MR) is 78.3 cm³/mol. The minimum absolute atomic E-state index is 0.202. The number of fused-ring (bicyclic) bond motifs is 3. The van der Waals surface area contributed by atoms with Crippen molar-refractivity contribution >= 4 is 18.6 Å². The Kier molecular flexibility index (Phi) is 3.30. The highest BCUT2D eigenvalue weighted by molar-refractivity contribution is 7.80. The van der Waals surface area contributed by atoms with E-state index in [0.717, 1.165) is 22.3 Å². The van der Waals surface area contributed by atoms with Gasteiger partial charge in [-0.15, -0.1) is 0 Å². The van der Waals surface area contributed by atoms with E-state index >= 15 is 0 Å². The van der Waals surface area contributed by atoms with Crippen molar-refractivity contribution in [2.75, 3.05) is 5.75 Å². The van der Waals surface area contributed by atoms with Crippen LogP contribution in [0.1, 0.15) is 23.7 Å². The first-order valence-corrected chi connectivity index (χ1v) is 6.93. The van der Waals surface area contributed by atoms with Crippen LogP contribution < -0.4 is 0 Å². The molecule has 0 atom stereocenters. The number of esters is 1. The first kappa shape index (κ1) is 12.3. The number of thiol groups is 1. The molecule has 0 saturated heterocycles. The molecule has 3 heteroatoms. The molecule has 0 amide bonds. The van der Waals surface area contributed by atoms with Gasteiger partial charge in [0.25, 0.3) is 0 Å². The molecule has 2 aromatic carbocycles. The molecule has 1 aliphatic carbocycles. The van der Waals surface area contributed by atoms with E-state index in [1.165, 1.54) is 0 Å². The van der Waals surface area contributed by atoms with Crippen molar-refractivity contribution in [3.8, 4) is 11.1 Å². The summed E-state index contributed by atoms with van der Waals surface area (Å²) in [6.07, 6.45) is 0.0593. The second kappa shape index (κ2) is 5.10. The second-order valence-corrected chi connectivity index (χ2v) is 4.97. The van der Waals surface area contributed by atoms with Gasteiger partial charge in [0, 0.05) is 16.9 Å². The van der Waals surface area contributed by atoms with E-state index in [1.54, 1.807) is 0 Å². The summed E-state index contributed by atoms with van der Waals surface area (Å²) in [4.78, 5) is 11.7. The van der Waals surface area contributed by atoms with Gasteiger partial charge in [0.05, 0.1) is 6.42 Å². The lowest BCUT2D eigenvalue weighted by Gasteiger charge is -2.14. The zero-order valence-electron chi connectivity index (χ0n) is 10.4. The number of ether oxygens (including phenoxy) is 1. The SMILES string of the molecule is O=C(CCS)OC1c2ccccc2-c2ccccc21. The van der Waals surface area contributed by atoms with Crippen molar-refractivity contribution in [1.82, 2.24) is 0 Å². The summed E-state index contributed by atoms with van der Waals surface area (Å²) in [5.74, 6) is 0.306. The third kappa shape index (κ3) is 2.15. The molecule has 0 bridgehead atoms. The van der Waals surface area contributed by atoms with Gasteiger partial charge in [-0.05, 0) is 11.1 Å². The van der Waals surface area contributed by atoms with E-state index in [-0.39, 0.29) is 12.1 Å². The summed E-state index contributed by atoms with van der Waals surface area (Å²) < 4.78 is 5.62. The van der Waals surface area contributed by atoms with Crippen molar-refractivity contribution in [3.63, 3.8) is 0 Å². The zero-order valence-corrected chi connectivity index (χ0v) is 11.3. The fourth-order valence-corrected chi connectivity index (χ4v) is 2.70. The molecule has 0 heterocycles. The lowest BCUT2D eigenvalue weighted by Crippen LogP contribution is -2.10. The fraction of sp³-hybridized carbons (Fsp3) is 0.188. The molecule has 0 aliphatic heterocycles. The van der Waals surface area contributed by atoms with Crippen LogP contribution in [-0.4, -0.2) is 11.7 Å². The van der Waals surface area contributed by atoms with E-state index in [9.17, 15) is 4.79 Å². The number of hydrogen-bond acceptors (Lipinski definition) is 3. The first-order chi connectivity index (χ1) is 9.31. The molecule has 96 valence electrons. The van der Waals surface area contributed by atoms with E-state index in [1.807, 2.05) is 36.4 Å². The Morgan fingerprint density at radius 2 is 1.53 bits per heavy atom. The van der Waals surface area contributed by atoms with E-state index in [2.05, 4.69) is 24.8 Å². The van der Waals surface area contributed by atoms with Gasteiger partial charge in [-0.25, -0.2) is 0 Å². The van der Waals surface area contributed by atoms with Crippen molar-refractivity contribution in [1.29, 1.82) is 0 Å². The average molecular weight is 270 g/mol. The number of benzene rings is 2. The van der Waals surface area contributed by atoms with Crippen molar-refractivity contribution in [2.45, 2.75) is 12.5 Å². The molecule has 0 N–H and O–H groups in total.